The first kappa shape index (κ1) is 16.4. The fourth-order valence-electron chi connectivity index (χ4n) is 1.14. The van der Waals surface area contributed by atoms with Crippen LogP contribution in [0.3, 0.4) is 0 Å². The van der Waals surface area contributed by atoms with Crippen molar-refractivity contribution in [3.05, 3.63) is 22.8 Å². The summed E-state index contributed by atoms with van der Waals surface area (Å²) in [6.07, 6.45) is 1.89. The largest absolute Gasteiger partial charge is 0.466 e. The molecule has 1 aromatic heterocycles. The zero-order valence-corrected chi connectivity index (χ0v) is 10.4. The standard InChI is InChI=1S/C11H12ClNO4.CH4/c1-11(2,10(15)16-3)17-9-7(6-14)4-8(12)5-13-9;/h4-6H,1-3H3;1H4. The van der Waals surface area contributed by atoms with Crippen molar-refractivity contribution < 1.29 is 19.1 Å². The predicted octanol–water partition coefficient (Wildman–Crippen LogP) is 2.51. The molecule has 0 radical (unpaired) electrons. The van der Waals surface area contributed by atoms with Gasteiger partial charge in [0.2, 0.25) is 11.5 Å². The van der Waals surface area contributed by atoms with Gasteiger partial charge in [0.05, 0.1) is 17.7 Å². The van der Waals surface area contributed by atoms with Crippen molar-refractivity contribution in [1.29, 1.82) is 0 Å². The van der Waals surface area contributed by atoms with Gasteiger partial charge in [-0.3, -0.25) is 4.79 Å². The van der Waals surface area contributed by atoms with Crippen LogP contribution < -0.4 is 4.74 Å². The fraction of sp³-hybridized carbons (Fsp3) is 0.417. The summed E-state index contributed by atoms with van der Waals surface area (Å²) >= 11 is 5.69. The van der Waals surface area contributed by atoms with E-state index in [9.17, 15) is 9.59 Å². The van der Waals surface area contributed by atoms with Crippen LogP contribution in [0.4, 0.5) is 0 Å². The van der Waals surface area contributed by atoms with Gasteiger partial charge in [0.25, 0.3) is 0 Å². The van der Waals surface area contributed by atoms with Crippen LogP contribution in [0.25, 0.3) is 0 Å². The van der Waals surface area contributed by atoms with E-state index in [1.807, 2.05) is 0 Å². The van der Waals surface area contributed by atoms with Crippen LogP contribution in [0.15, 0.2) is 12.3 Å². The molecule has 0 unspecified atom stereocenters. The molecule has 0 spiro atoms. The SMILES string of the molecule is C.COC(=O)C(C)(C)Oc1ncc(Cl)cc1C=O. The highest BCUT2D eigenvalue weighted by Crippen LogP contribution is 2.22. The second-order valence-corrected chi connectivity index (χ2v) is 4.21. The number of carbonyl (C=O) groups is 2. The molecule has 0 aromatic carbocycles. The van der Waals surface area contributed by atoms with Crippen LogP contribution >= 0.6 is 11.6 Å². The second-order valence-electron chi connectivity index (χ2n) is 3.77. The summed E-state index contributed by atoms with van der Waals surface area (Å²) in [5.41, 5.74) is -1.05. The zero-order chi connectivity index (χ0) is 13.1. The minimum atomic E-state index is -1.23. The highest BCUT2D eigenvalue weighted by Gasteiger charge is 2.32. The summed E-state index contributed by atoms with van der Waals surface area (Å²) in [6, 6.07) is 1.41. The van der Waals surface area contributed by atoms with Gasteiger partial charge in [-0.1, -0.05) is 19.0 Å². The van der Waals surface area contributed by atoms with Gasteiger partial charge in [-0.2, -0.15) is 0 Å². The molecule has 0 bridgehead atoms. The van der Waals surface area contributed by atoms with Crippen LogP contribution in [0.1, 0.15) is 31.6 Å². The van der Waals surface area contributed by atoms with Crippen LogP contribution in [-0.4, -0.2) is 30.0 Å². The number of rotatable bonds is 4. The van der Waals surface area contributed by atoms with Crippen molar-refractivity contribution in [2.45, 2.75) is 26.9 Å². The van der Waals surface area contributed by atoms with Gasteiger partial charge >= 0.3 is 5.97 Å². The molecular weight excluding hydrogens is 258 g/mol. The Kier molecular flexibility index (Phi) is 5.78. The molecule has 0 amide bonds. The van der Waals surface area contributed by atoms with Gasteiger partial charge in [-0.05, 0) is 19.9 Å². The number of aromatic nitrogens is 1. The predicted molar refractivity (Wildman–Crippen MR) is 68.1 cm³/mol. The van der Waals surface area contributed by atoms with E-state index in [1.165, 1.54) is 33.2 Å². The zero-order valence-electron chi connectivity index (χ0n) is 9.69. The molecule has 0 aliphatic heterocycles. The topological polar surface area (TPSA) is 65.5 Å². The number of esters is 1. The Hall–Kier alpha value is -1.62. The molecule has 0 aliphatic carbocycles. The molecule has 1 heterocycles. The Labute approximate surface area is 111 Å². The van der Waals surface area contributed by atoms with E-state index < -0.39 is 11.6 Å². The summed E-state index contributed by atoms with van der Waals surface area (Å²) < 4.78 is 9.93. The highest BCUT2D eigenvalue weighted by molar-refractivity contribution is 6.30. The van der Waals surface area contributed by atoms with E-state index >= 15 is 0 Å². The fourth-order valence-corrected chi connectivity index (χ4v) is 1.31. The lowest BCUT2D eigenvalue weighted by atomic mass is 10.1. The van der Waals surface area contributed by atoms with E-state index in [1.54, 1.807) is 0 Å². The molecule has 0 saturated heterocycles. The maximum atomic E-state index is 11.4. The molecule has 0 N–H and O–H groups in total. The Balaban J connectivity index is 0.00000289. The molecule has 0 atom stereocenters. The number of pyridine rings is 1. The number of methoxy groups -OCH3 is 1. The first-order valence-corrected chi connectivity index (χ1v) is 5.16. The van der Waals surface area contributed by atoms with Gasteiger partial charge in [0.1, 0.15) is 0 Å². The first-order chi connectivity index (χ1) is 7.90. The number of nitrogens with zero attached hydrogens (tertiary/aromatic N) is 1. The van der Waals surface area contributed by atoms with Gasteiger partial charge in [-0.15, -0.1) is 0 Å². The molecule has 1 aromatic rings. The Morgan fingerprint density at radius 1 is 1.50 bits per heavy atom. The Morgan fingerprint density at radius 3 is 2.61 bits per heavy atom. The molecule has 6 heteroatoms. The number of carbonyl (C=O) groups excluding carboxylic acids is 2. The van der Waals surface area contributed by atoms with E-state index in [0.717, 1.165) is 0 Å². The summed E-state index contributed by atoms with van der Waals surface area (Å²) in [5.74, 6) is -0.522. The average molecular weight is 274 g/mol. The van der Waals surface area contributed by atoms with Gasteiger partial charge < -0.3 is 9.47 Å². The molecule has 0 fully saturated rings. The van der Waals surface area contributed by atoms with Crippen molar-refractivity contribution in [2.24, 2.45) is 0 Å². The molecular formula is C12H16ClNO4. The quantitative estimate of drug-likeness (QED) is 0.623. The van der Waals surface area contributed by atoms with E-state index in [2.05, 4.69) is 9.72 Å². The molecule has 0 saturated carbocycles. The van der Waals surface area contributed by atoms with Crippen LogP contribution in [-0.2, 0) is 9.53 Å². The summed E-state index contributed by atoms with van der Waals surface area (Å²) in [7, 11) is 1.25. The lowest BCUT2D eigenvalue weighted by Crippen LogP contribution is -2.39. The third kappa shape index (κ3) is 3.70. The molecule has 100 valence electrons. The molecule has 1 rings (SSSR count). The monoisotopic (exact) mass is 273 g/mol. The summed E-state index contributed by atoms with van der Waals surface area (Å²) in [6.45, 7) is 3.04. The number of hydrogen-bond acceptors (Lipinski definition) is 5. The van der Waals surface area contributed by atoms with E-state index in [-0.39, 0.29) is 18.9 Å². The van der Waals surface area contributed by atoms with Crippen molar-refractivity contribution in [3.63, 3.8) is 0 Å². The molecule has 0 aliphatic rings. The van der Waals surface area contributed by atoms with Crippen molar-refractivity contribution in [1.82, 2.24) is 4.98 Å². The number of ether oxygens (including phenoxy) is 2. The van der Waals surface area contributed by atoms with Crippen molar-refractivity contribution in [3.8, 4) is 5.88 Å². The number of aldehydes is 1. The molecule has 18 heavy (non-hydrogen) atoms. The smallest absolute Gasteiger partial charge is 0.349 e. The third-order valence-electron chi connectivity index (χ3n) is 2.00. The second kappa shape index (κ2) is 6.35. The normalized spacial score (nSPS) is 10.2. The van der Waals surface area contributed by atoms with Crippen LogP contribution in [0.5, 0.6) is 5.88 Å². The number of halogens is 1. The number of hydrogen-bond donors (Lipinski definition) is 0. The van der Waals surface area contributed by atoms with Crippen molar-refractivity contribution >= 4 is 23.9 Å². The van der Waals surface area contributed by atoms with E-state index in [0.29, 0.717) is 11.3 Å². The maximum absolute atomic E-state index is 11.4. The lowest BCUT2D eigenvalue weighted by Gasteiger charge is -2.23. The Morgan fingerprint density at radius 2 is 2.11 bits per heavy atom. The lowest BCUT2D eigenvalue weighted by molar-refractivity contribution is -0.156. The average Bonchev–Trinajstić information content (AvgIpc) is 2.30. The van der Waals surface area contributed by atoms with Gasteiger partial charge in [-0.25, -0.2) is 9.78 Å². The van der Waals surface area contributed by atoms with Crippen LogP contribution in [0.2, 0.25) is 5.02 Å². The Bertz CT molecular complexity index is 446. The minimum absolute atomic E-state index is 0. The van der Waals surface area contributed by atoms with Gasteiger partial charge in [0.15, 0.2) is 6.29 Å². The first-order valence-electron chi connectivity index (χ1n) is 4.79. The molecule has 5 nitrogen and oxygen atoms in total. The third-order valence-corrected chi connectivity index (χ3v) is 2.21. The highest BCUT2D eigenvalue weighted by atomic mass is 35.5. The van der Waals surface area contributed by atoms with Gasteiger partial charge in [0, 0.05) is 6.20 Å². The van der Waals surface area contributed by atoms with E-state index in [4.69, 9.17) is 16.3 Å². The van der Waals surface area contributed by atoms with Crippen molar-refractivity contribution in [2.75, 3.05) is 7.11 Å². The van der Waals surface area contributed by atoms with Crippen LogP contribution in [0, 0.1) is 0 Å². The minimum Gasteiger partial charge on any atom is -0.466 e. The summed E-state index contributed by atoms with van der Waals surface area (Å²) in [4.78, 5) is 26.1. The summed E-state index contributed by atoms with van der Waals surface area (Å²) in [5, 5.41) is 0.315. The maximum Gasteiger partial charge on any atom is 0.349 e.